The van der Waals surface area contributed by atoms with Crippen LogP contribution in [0.2, 0.25) is 5.02 Å². The highest BCUT2D eigenvalue weighted by Gasteiger charge is 2.06. The third-order valence-corrected chi connectivity index (χ3v) is 3.66. The van der Waals surface area contributed by atoms with Gasteiger partial charge in [-0.15, -0.1) is 11.3 Å². The maximum absolute atomic E-state index is 11.7. The third-order valence-electron chi connectivity index (χ3n) is 2.60. The van der Waals surface area contributed by atoms with Gasteiger partial charge in [0, 0.05) is 10.4 Å². The van der Waals surface area contributed by atoms with Crippen LogP contribution in [0.15, 0.2) is 34.7 Å². The van der Waals surface area contributed by atoms with Gasteiger partial charge in [0.15, 0.2) is 0 Å². The standard InChI is InChI=1S/C14H14ClN3OS/c1-9(11-4-3-5-12(15)6-11)17-18-14(19)7-13-8-20-10(2)16-13/h3-6,8H,7H2,1-2H3,(H,18,19)/b17-9-. The van der Waals surface area contributed by atoms with Crippen molar-refractivity contribution in [3.05, 3.63) is 50.9 Å². The van der Waals surface area contributed by atoms with E-state index in [2.05, 4.69) is 15.5 Å². The molecule has 1 N–H and O–H groups in total. The number of amides is 1. The molecule has 1 heterocycles. The molecule has 0 unspecified atom stereocenters. The van der Waals surface area contributed by atoms with Crippen LogP contribution in [0.1, 0.15) is 23.2 Å². The number of benzene rings is 1. The molecule has 2 rings (SSSR count). The van der Waals surface area contributed by atoms with Gasteiger partial charge in [-0.1, -0.05) is 23.7 Å². The van der Waals surface area contributed by atoms with Crippen molar-refractivity contribution in [1.29, 1.82) is 0 Å². The van der Waals surface area contributed by atoms with Crippen LogP contribution in [0.25, 0.3) is 0 Å². The number of aryl methyl sites for hydroxylation is 1. The Hall–Kier alpha value is -1.72. The maximum atomic E-state index is 11.7. The lowest BCUT2D eigenvalue weighted by Crippen LogP contribution is -2.21. The first-order chi connectivity index (χ1) is 9.54. The van der Waals surface area contributed by atoms with Gasteiger partial charge in [0.2, 0.25) is 5.91 Å². The Morgan fingerprint density at radius 2 is 2.30 bits per heavy atom. The summed E-state index contributed by atoms with van der Waals surface area (Å²) in [5.41, 5.74) is 4.87. The van der Waals surface area contributed by atoms with Gasteiger partial charge in [0.1, 0.15) is 0 Å². The summed E-state index contributed by atoms with van der Waals surface area (Å²) in [5.74, 6) is -0.184. The Bertz CT molecular complexity index is 651. The van der Waals surface area contributed by atoms with Gasteiger partial charge >= 0.3 is 0 Å². The number of carbonyl (C=O) groups excluding carboxylic acids is 1. The molecule has 0 spiro atoms. The van der Waals surface area contributed by atoms with Gasteiger partial charge in [0.05, 0.1) is 22.8 Å². The molecule has 0 aliphatic heterocycles. The van der Waals surface area contributed by atoms with Crippen LogP contribution in [0.4, 0.5) is 0 Å². The van der Waals surface area contributed by atoms with E-state index in [-0.39, 0.29) is 12.3 Å². The number of halogens is 1. The van der Waals surface area contributed by atoms with Gasteiger partial charge in [-0.3, -0.25) is 4.79 Å². The first-order valence-corrected chi connectivity index (χ1v) is 7.30. The number of hydrazone groups is 1. The predicted molar refractivity (Wildman–Crippen MR) is 82.4 cm³/mol. The molecule has 6 heteroatoms. The first kappa shape index (κ1) is 14.7. The van der Waals surface area contributed by atoms with E-state index in [1.807, 2.05) is 31.4 Å². The summed E-state index contributed by atoms with van der Waals surface area (Å²) in [5, 5.41) is 7.54. The van der Waals surface area contributed by atoms with Gasteiger partial charge < -0.3 is 0 Å². The molecule has 0 bridgehead atoms. The Balaban J connectivity index is 1.96. The lowest BCUT2D eigenvalue weighted by atomic mass is 10.1. The number of hydrogen-bond acceptors (Lipinski definition) is 4. The Morgan fingerprint density at radius 3 is 2.95 bits per heavy atom. The quantitative estimate of drug-likeness (QED) is 0.696. The zero-order valence-corrected chi connectivity index (χ0v) is 12.8. The van der Waals surface area contributed by atoms with E-state index in [9.17, 15) is 4.79 Å². The van der Waals surface area contributed by atoms with Crippen LogP contribution in [0, 0.1) is 6.92 Å². The third kappa shape index (κ3) is 4.15. The molecule has 0 aliphatic rings. The molecule has 1 amide bonds. The normalized spacial score (nSPS) is 11.4. The molecule has 0 atom stereocenters. The van der Waals surface area contributed by atoms with Crippen molar-refractivity contribution in [3.8, 4) is 0 Å². The second kappa shape index (κ2) is 6.63. The highest BCUT2D eigenvalue weighted by atomic mass is 35.5. The monoisotopic (exact) mass is 307 g/mol. The number of hydrogen-bond donors (Lipinski definition) is 1. The fourth-order valence-corrected chi connectivity index (χ4v) is 2.42. The summed E-state index contributed by atoms with van der Waals surface area (Å²) in [6.45, 7) is 3.73. The zero-order valence-electron chi connectivity index (χ0n) is 11.2. The Kier molecular flexibility index (Phi) is 4.87. The van der Waals surface area contributed by atoms with Crippen LogP contribution in [-0.4, -0.2) is 16.6 Å². The molecular weight excluding hydrogens is 294 g/mol. The predicted octanol–water partition coefficient (Wildman–Crippen LogP) is 3.19. The fourth-order valence-electron chi connectivity index (χ4n) is 1.62. The Labute approximate surface area is 126 Å². The van der Waals surface area contributed by atoms with Gasteiger partial charge in [-0.25, -0.2) is 10.4 Å². The SMILES string of the molecule is C/C(=N/NC(=O)Cc1csc(C)n1)c1cccc(Cl)c1. The van der Waals surface area contributed by atoms with E-state index in [0.29, 0.717) is 10.7 Å². The van der Waals surface area contributed by atoms with E-state index >= 15 is 0 Å². The number of nitrogens with zero attached hydrogens (tertiary/aromatic N) is 2. The van der Waals surface area contributed by atoms with Gasteiger partial charge in [-0.2, -0.15) is 5.10 Å². The minimum atomic E-state index is -0.184. The highest BCUT2D eigenvalue weighted by Crippen LogP contribution is 2.11. The topological polar surface area (TPSA) is 54.4 Å². The molecule has 0 saturated carbocycles. The van der Waals surface area contributed by atoms with Gasteiger partial charge in [-0.05, 0) is 31.5 Å². The van der Waals surface area contributed by atoms with E-state index in [1.54, 1.807) is 12.1 Å². The molecule has 104 valence electrons. The molecule has 2 aromatic rings. The fraction of sp³-hybridized carbons (Fsp3) is 0.214. The maximum Gasteiger partial charge on any atom is 0.246 e. The molecule has 0 radical (unpaired) electrons. The van der Waals surface area contributed by atoms with Crippen LogP contribution in [0.3, 0.4) is 0 Å². The first-order valence-electron chi connectivity index (χ1n) is 6.04. The summed E-state index contributed by atoms with van der Waals surface area (Å²) >= 11 is 7.44. The summed E-state index contributed by atoms with van der Waals surface area (Å²) in [6.07, 6.45) is 0.233. The second-order valence-electron chi connectivity index (χ2n) is 4.28. The molecule has 20 heavy (non-hydrogen) atoms. The summed E-state index contributed by atoms with van der Waals surface area (Å²) in [4.78, 5) is 16.0. The molecule has 0 aliphatic carbocycles. The van der Waals surface area contributed by atoms with Crippen LogP contribution < -0.4 is 5.43 Å². The molecule has 0 fully saturated rings. The van der Waals surface area contributed by atoms with E-state index in [1.165, 1.54) is 11.3 Å². The van der Waals surface area contributed by atoms with E-state index in [0.717, 1.165) is 16.3 Å². The molecular formula is C14H14ClN3OS. The zero-order chi connectivity index (χ0) is 14.5. The van der Waals surface area contributed by atoms with Crippen molar-refractivity contribution in [2.45, 2.75) is 20.3 Å². The number of thiazole rings is 1. The largest absolute Gasteiger partial charge is 0.273 e. The van der Waals surface area contributed by atoms with Crippen molar-refractivity contribution in [2.24, 2.45) is 5.10 Å². The van der Waals surface area contributed by atoms with Crippen molar-refractivity contribution >= 4 is 34.6 Å². The van der Waals surface area contributed by atoms with Crippen molar-refractivity contribution in [1.82, 2.24) is 10.4 Å². The average Bonchev–Trinajstić information content (AvgIpc) is 2.81. The van der Waals surface area contributed by atoms with E-state index in [4.69, 9.17) is 11.6 Å². The van der Waals surface area contributed by atoms with Crippen LogP contribution in [-0.2, 0) is 11.2 Å². The van der Waals surface area contributed by atoms with Gasteiger partial charge in [0.25, 0.3) is 0 Å². The molecule has 1 aromatic carbocycles. The highest BCUT2D eigenvalue weighted by molar-refractivity contribution is 7.09. The van der Waals surface area contributed by atoms with Crippen LogP contribution in [0.5, 0.6) is 0 Å². The summed E-state index contributed by atoms with van der Waals surface area (Å²) in [7, 11) is 0. The number of nitrogens with one attached hydrogen (secondary N) is 1. The van der Waals surface area contributed by atoms with Crippen molar-refractivity contribution < 1.29 is 4.79 Å². The molecule has 1 aromatic heterocycles. The number of rotatable bonds is 4. The minimum absolute atomic E-state index is 0.184. The van der Waals surface area contributed by atoms with Crippen molar-refractivity contribution in [2.75, 3.05) is 0 Å². The second-order valence-corrected chi connectivity index (χ2v) is 5.78. The minimum Gasteiger partial charge on any atom is -0.273 e. The lowest BCUT2D eigenvalue weighted by Gasteiger charge is -2.02. The van der Waals surface area contributed by atoms with Crippen molar-refractivity contribution in [3.63, 3.8) is 0 Å². The summed E-state index contributed by atoms with van der Waals surface area (Å²) < 4.78 is 0. The smallest absolute Gasteiger partial charge is 0.246 e. The molecule has 4 nitrogen and oxygen atoms in total. The Morgan fingerprint density at radius 1 is 1.50 bits per heavy atom. The van der Waals surface area contributed by atoms with Crippen LogP contribution >= 0.6 is 22.9 Å². The lowest BCUT2D eigenvalue weighted by molar-refractivity contribution is -0.120. The average molecular weight is 308 g/mol. The summed E-state index contributed by atoms with van der Waals surface area (Å²) in [6, 6.07) is 7.33. The molecule has 0 saturated heterocycles. The number of aromatic nitrogens is 1. The number of carbonyl (C=O) groups is 1. The van der Waals surface area contributed by atoms with E-state index < -0.39 is 0 Å².